The average molecular weight is 311 g/mol. The summed E-state index contributed by atoms with van der Waals surface area (Å²) < 4.78 is 7.38. The van der Waals surface area contributed by atoms with Crippen LogP contribution in [-0.2, 0) is 11.3 Å². The van der Waals surface area contributed by atoms with Crippen molar-refractivity contribution in [1.29, 1.82) is 0 Å². The lowest BCUT2D eigenvalue weighted by atomic mass is 10.0. The maximum atomic E-state index is 12.4. The minimum atomic E-state index is -0.334. The molecule has 4 heteroatoms. The number of esters is 1. The third-order valence-corrected chi connectivity index (χ3v) is 4.23. The van der Waals surface area contributed by atoms with Crippen molar-refractivity contribution in [3.8, 4) is 5.75 Å². The zero-order valence-electron chi connectivity index (χ0n) is 13.7. The second kappa shape index (κ2) is 5.95. The SMILES string of the molecule is CCCn1c(C)c(C(=O)OCC)c2cc(O)c3ccccc3c21. The zero-order chi connectivity index (χ0) is 16.6. The van der Waals surface area contributed by atoms with Crippen molar-refractivity contribution in [3.05, 3.63) is 41.6 Å². The molecule has 120 valence electrons. The van der Waals surface area contributed by atoms with E-state index < -0.39 is 0 Å². The molecule has 23 heavy (non-hydrogen) atoms. The van der Waals surface area contributed by atoms with E-state index in [4.69, 9.17) is 4.74 Å². The molecule has 0 radical (unpaired) electrons. The molecule has 3 rings (SSSR count). The topological polar surface area (TPSA) is 51.5 Å². The minimum absolute atomic E-state index is 0.187. The highest BCUT2D eigenvalue weighted by Gasteiger charge is 2.23. The number of phenolic OH excluding ortho intramolecular Hbond substituents is 1. The van der Waals surface area contributed by atoms with Crippen molar-refractivity contribution >= 4 is 27.6 Å². The number of nitrogens with zero attached hydrogens (tertiary/aromatic N) is 1. The molecule has 2 aromatic carbocycles. The lowest BCUT2D eigenvalue weighted by molar-refractivity contribution is 0.0527. The molecule has 0 bridgehead atoms. The van der Waals surface area contributed by atoms with Gasteiger partial charge in [-0.25, -0.2) is 4.79 Å². The number of aromatic nitrogens is 1. The average Bonchev–Trinajstić information content (AvgIpc) is 2.81. The van der Waals surface area contributed by atoms with E-state index in [0.29, 0.717) is 12.2 Å². The molecule has 0 amide bonds. The third kappa shape index (κ3) is 2.34. The van der Waals surface area contributed by atoms with Gasteiger partial charge in [0.05, 0.1) is 17.7 Å². The smallest absolute Gasteiger partial charge is 0.340 e. The van der Waals surface area contributed by atoms with E-state index in [2.05, 4.69) is 11.5 Å². The van der Waals surface area contributed by atoms with Crippen LogP contribution in [0.2, 0.25) is 0 Å². The largest absolute Gasteiger partial charge is 0.507 e. The van der Waals surface area contributed by atoms with Crippen LogP contribution in [0.15, 0.2) is 30.3 Å². The fraction of sp³-hybridized carbons (Fsp3) is 0.316. The number of fused-ring (bicyclic) bond motifs is 3. The van der Waals surface area contributed by atoms with Crippen molar-refractivity contribution in [2.24, 2.45) is 0 Å². The summed E-state index contributed by atoms with van der Waals surface area (Å²) in [5, 5.41) is 12.9. The summed E-state index contributed by atoms with van der Waals surface area (Å²) in [6, 6.07) is 9.41. The number of rotatable bonds is 4. The molecular weight excluding hydrogens is 290 g/mol. The summed E-state index contributed by atoms with van der Waals surface area (Å²) >= 11 is 0. The standard InChI is InChI=1S/C19H21NO3/c1-4-10-20-12(3)17(19(22)23-5-2)15-11-16(21)13-8-6-7-9-14(13)18(15)20/h6-9,11,21H,4-5,10H2,1-3H3. The summed E-state index contributed by atoms with van der Waals surface area (Å²) in [5.74, 6) is -0.146. The van der Waals surface area contributed by atoms with E-state index in [9.17, 15) is 9.90 Å². The third-order valence-electron chi connectivity index (χ3n) is 4.23. The Balaban J connectivity index is 2.46. The molecule has 0 unspecified atom stereocenters. The van der Waals surface area contributed by atoms with E-state index in [1.807, 2.05) is 31.2 Å². The van der Waals surface area contributed by atoms with Gasteiger partial charge in [-0.2, -0.15) is 0 Å². The van der Waals surface area contributed by atoms with Crippen LogP contribution in [0.5, 0.6) is 5.75 Å². The van der Waals surface area contributed by atoms with Crippen LogP contribution in [0.1, 0.15) is 36.3 Å². The van der Waals surface area contributed by atoms with Crippen LogP contribution in [0.3, 0.4) is 0 Å². The minimum Gasteiger partial charge on any atom is -0.507 e. The van der Waals surface area contributed by atoms with Crippen LogP contribution in [-0.4, -0.2) is 22.2 Å². The maximum absolute atomic E-state index is 12.4. The highest BCUT2D eigenvalue weighted by Crippen LogP contribution is 2.37. The molecule has 0 fully saturated rings. The van der Waals surface area contributed by atoms with Gasteiger partial charge in [0.1, 0.15) is 5.75 Å². The second-order valence-electron chi connectivity index (χ2n) is 5.67. The number of ether oxygens (including phenoxy) is 1. The van der Waals surface area contributed by atoms with Gasteiger partial charge in [0, 0.05) is 28.4 Å². The van der Waals surface area contributed by atoms with E-state index in [-0.39, 0.29) is 11.7 Å². The van der Waals surface area contributed by atoms with Crippen molar-refractivity contribution in [2.75, 3.05) is 6.61 Å². The number of phenols is 1. The first-order chi connectivity index (χ1) is 11.1. The van der Waals surface area contributed by atoms with Gasteiger partial charge in [-0.1, -0.05) is 31.2 Å². The quantitative estimate of drug-likeness (QED) is 0.727. The Hall–Kier alpha value is -2.49. The Morgan fingerprint density at radius 2 is 1.87 bits per heavy atom. The van der Waals surface area contributed by atoms with Crippen LogP contribution >= 0.6 is 0 Å². The number of hydrogen-bond acceptors (Lipinski definition) is 3. The van der Waals surface area contributed by atoms with Gasteiger partial charge in [-0.15, -0.1) is 0 Å². The first-order valence-electron chi connectivity index (χ1n) is 8.00. The number of aromatic hydroxyl groups is 1. The molecule has 1 aromatic heterocycles. The fourth-order valence-corrected chi connectivity index (χ4v) is 3.28. The summed E-state index contributed by atoms with van der Waals surface area (Å²) in [6.45, 7) is 6.99. The van der Waals surface area contributed by atoms with Gasteiger partial charge >= 0.3 is 5.97 Å². The Morgan fingerprint density at radius 1 is 1.17 bits per heavy atom. The van der Waals surface area contributed by atoms with Gasteiger partial charge in [0.2, 0.25) is 0 Å². The number of aryl methyl sites for hydroxylation is 1. The zero-order valence-corrected chi connectivity index (χ0v) is 13.7. The second-order valence-corrected chi connectivity index (χ2v) is 5.67. The molecule has 0 saturated carbocycles. The molecule has 0 spiro atoms. The Bertz CT molecular complexity index is 893. The Kier molecular flexibility index (Phi) is 3.99. The molecule has 1 N–H and O–H groups in total. The number of carbonyl (C=O) groups excluding carboxylic acids is 1. The molecule has 0 atom stereocenters. The van der Waals surface area contributed by atoms with Crippen LogP contribution in [0.4, 0.5) is 0 Å². The first kappa shape index (κ1) is 15.4. The van der Waals surface area contributed by atoms with Crippen molar-refractivity contribution in [1.82, 2.24) is 4.57 Å². The van der Waals surface area contributed by atoms with Gasteiger partial charge in [0.15, 0.2) is 0 Å². The summed E-state index contributed by atoms with van der Waals surface area (Å²) in [7, 11) is 0. The molecule has 0 saturated heterocycles. The Labute approximate surface area is 135 Å². The van der Waals surface area contributed by atoms with Gasteiger partial charge < -0.3 is 14.4 Å². The van der Waals surface area contributed by atoms with E-state index in [0.717, 1.165) is 40.3 Å². The van der Waals surface area contributed by atoms with Crippen molar-refractivity contribution in [2.45, 2.75) is 33.7 Å². The van der Waals surface area contributed by atoms with Gasteiger partial charge in [-0.05, 0) is 26.3 Å². The van der Waals surface area contributed by atoms with Gasteiger partial charge in [0.25, 0.3) is 0 Å². The molecule has 0 aliphatic heterocycles. The Morgan fingerprint density at radius 3 is 2.52 bits per heavy atom. The van der Waals surface area contributed by atoms with E-state index in [1.54, 1.807) is 13.0 Å². The van der Waals surface area contributed by atoms with Crippen LogP contribution < -0.4 is 0 Å². The molecule has 1 heterocycles. The summed E-state index contributed by atoms with van der Waals surface area (Å²) in [6.07, 6.45) is 0.960. The lowest BCUT2D eigenvalue weighted by Crippen LogP contribution is -2.07. The molecule has 4 nitrogen and oxygen atoms in total. The van der Waals surface area contributed by atoms with Crippen LogP contribution in [0, 0.1) is 6.92 Å². The molecule has 3 aromatic rings. The predicted octanol–water partition coefficient (Wildman–Crippen LogP) is 4.40. The van der Waals surface area contributed by atoms with Gasteiger partial charge in [-0.3, -0.25) is 0 Å². The lowest BCUT2D eigenvalue weighted by Gasteiger charge is -2.09. The predicted molar refractivity (Wildman–Crippen MR) is 92.1 cm³/mol. The highest BCUT2D eigenvalue weighted by molar-refractivity contribution is 6.16. The molecule has 0 aliphatic carbocycles. The van der Waals surface area contributed by atoms with E-state index >= 15 is 0 Å². The number of benzene rings is 2. The van der Waals surface area contributed by atoms with Crippen molar-refractivity contribution in [3.63, 3.8) is 0 Å². The first-order valence-corrected chi connectivity index (χ1v) is 8.00. The normalized spacial score (nSPS) is 11.3. The fourth-order valence-electron chi connectivity index (χ4n) is 3.28. The highest BCUT2D eigenvalue weighted by atomic mass is 16.5. The summed E-state index contributed by atoms with van der Waals surface area (Å²) in [4.78, 5) is 12.4. The monoisotopic (exact) mass is 311 g/mol. The van der Waals surface area contributed by atoms with Crippen molar-refractivity contribution < 1.29 is 14.6 Å². The number of carbonyl (C=O) groups is 1. The molecular formula is C19H21NO3. The number of hydrogen-bond donors (Lipinski definition) is 1. The summed E-state index contributed by atoms with van der Waals surface area (Å²) in [5.41, 5.74) is 2.42. The van der Waals surface area contributed by atoms with Crippen LogP contribution in [0.25, 0.3) is 21.7 Å². The maximum Gasteiger partial charge on any atom is 0.340 e. The molecule has 0 aliphatic rings. The van der Waals surface area contributed by atoms with E-state index in [1.165, 1.54) is 0 Å².